The number of aromatic nitrogens is 2. The fraction of sp³-hybridized carbons (Fsp3) is 0.462. The van der Waals surface area contributed by atoms with Crippen LogP contribution in [0.2, 0.25) is 0 Å². The van der Waals surface area contributed by atoms with Gasteiger partial charge < -0.3 is 4.74 Å². The summed E-state index contributed by atoms with van der Waals surface area (Å²) in [5, 5.41) is 5.66. The van der Waals surface area contributed by atoms with Gasteiger partial charge in [0.2, 0.25) is 0 Å². The van der Waals surface area contributed by atoms with Crippen LogP contribution < -0.4 is 4.74 Å². The summed E-state index contributed by atoms with van der Waals surface area (Å²) in [5.74, 6) is 1.38. The van der Waals surface area contributed by atoms with Gasteiger partial charge in [0.15, 0.2) is 0 Å². The molecule has 0 amide bonds. The predicted molar refractivity (Wildman–Crippen MR) is 66.0 cm³/mol. The van der Waals surface area contributed by atoms with Crippen molar-refractivity contribution in [3.05, 3.63) is 23.9 Å². The van der Waals surface area contributed by atoms with Crippen LogP contribution in [0.4, 0.5) is 0 Å². The summed E-state index contributed by atoms with van der Waals surface area (Å²) in [5.41, 5.74) is 2.29. The SMILES string of the molecule is CCOc1ccc(C(C)C)c2cn(C)nc12. The highest BCUT2D eigenvalue weighted by Gasteiger charge is 2.12. The molecule has 1 aromatic heterocycles. The Hall–Kier alpha value is -1.51. The van der Waals surface area contributed by atoms with E-state index in [1.807, 2.05) is 24.7 Å². The number of hydrogen-bond donors (Lipinski definition) is 0. The molecule has 0 aliphatic carbocycles. The Morgan fingerprint density at radius 3 is 2.75 bits per heavy atom. The summed E-state index contributed by atoms with van der Waals surface area (Å²) in [6.45, 7) is 7.06. The van der Waals surface area contributed by atoms with E-state index in [0.29, 0.717) is 12.5 Å². The van der Waals surface area contributed by atoms with Gasteiger partial charge in [0.1, 0.15) is 11.3 Å². The zero-order chi connectivity index (χ0) is 11.7. The summed E-state index contributed by atoms with van der Waals surface area (Å²) in [6.07, 6.45) is 2.06. The van der Waals surface area contributed by atoms with Gasteiger partial charge in [-0.05, 0) is 24.5 Å². The van der Waals surface area contributed by atoms with Crippen molar-refractivity contribution in [1.29, 1.82) is 0 Å². The minimum absolute atomic E-state index is 0.502. The summed E-state index contributed by atoms with van der Waals surface area (Å²) in [4.78, 5) is 0. The van der Waals surface area contributed by atoms with Gasteiger partial charge >= 0.3 is 0 Å². The van der Waals surface area contributed by atoms with Crippen LogP contribution in [0.1, 0.15) is 32.3 Å². The average molecular weight is 218 g/mol. The highest BCUT2D eigenvalue weighted by molar-refractivity contribution is 5.87. The second-order valence-electron chi connectivity index (χ2n) is 4.31. The van der Waals surface area contributed by atoms with Gasteiger partial charge in [0.05, 0.1) is 6.61 Å². The fourth-order valence-corrected chi connectivity index (χ4v) is 1.99. The molecule has 0 fully saturated rings. The molecule has 2 rings (SSSR count). The van der Waals surface area contributed by atoms with Gasteiger partial charge in [-0.15, -0.1) is 0 Å². The molecule has 0 N–H and O–H groups in total. The first-order valence-electron chi connectivity index (χ1n) is 5.72. The number of hydrogen-bond acceptors (Lipinski definition) is 2. The molecule has 0 spiro atoms. The van der Waals surface area contributed by atoms with Crippen LogP contribution in [-0.4, -0.2) is 16.4 Å². The number of aryl methyl sites for hydroxylation is 1. The molecule has 3 heteroatoms. The van der Waals surface area contributed by atoms with Gasteiger partial charge in [-0.25, -0.2) is 0 Å². The van der Waals surface area contributed by atoms with Crippen molar-refractivity contribution in [3.8, 4) is 5.75 Å². The van der Waals surface area contributed by atoms with Crippen molar-refractivity contribution >= 4 is 10.9 Å². The Balaban J connectivity index is 2.66. The fourth-order valence-electron chi connectivity index (χ4n) is 1.99. The van der Waals surface area contributed by atoms with Gasteiger partial charge in [-0.1, -0.05) is 19.9 Å². The molecule has 0 aliphatic heterocycles. The molecule has 2 aromatic rings. The third-order valence-corrected chi connectivity index (χ3v) is 2.71. The lowest BCUT2D eigenvalue weighted by molar-refractivity contribution is 0.343. The Kier molecular flexibility index (Phi) is 2.86. The second kappa shape index (κ2) is 4.16. The Bertz CT molecular complexity index is 500. The minimum Gasteiger partial charge on any atom is -0.492 e. The van der Waals surface area contributed by atoms with Crippen LogP contribution in [-0.2, 0) is 7.05 Å². The molecule has 0 atom stereocenters. The van der Waals surface area contributed by atoms with E-state index in [9.17, 15) is 0 Å². The van der Waals surface area contributed by atoms with Crippen LogP contribution in [0.3, 0.4) is 0 Å². The lowest BCUT2D eigenvalue weighted by Gasteiger charge is -2.09. The molecule has 3 nitrogen and oxygen atoms in total. The number of fused-ring (bicyclic) bond motifs is 1. The highest BCUT2D eigenvalue weighted by atomic mass is 16.5. The molecule has 16 heavy (non-hydrogen) atoms. The van der Waals surface area contributed by atoms with Crippen LogP contribution >= 0.6 is 0 Å². The van der Waals surface area contributed by atoms with Crippen molar-refractivity contribution < 1.29 is 4.74 Å². The van der Waals surface area contributed by atoms with Crippen molar-refractivity contribution in [2.45, 2.75) is 26.7 Å². The molecule has 0 bridgehead atoms. The summed E-state index contributed by atoms with van der Waals surface area (Å²) in [6, 6.07) is 4.16. The van der Waals surface area contributed by atoms with E-state index in [2.05, 4.69) is 31.2 Å². The number of rotatable bonds is 3. The quantitative estimate of drug-likeness (QED) is 0.791. The van der Waals surface area contributed by atoms with Gasteiger partial charge in [-0.3, -0.25) is 4.68 Å². The van der Waals surface area contributed by atoms with Crippen LogP contribution in [0.5, 0.6) is 5.75 Å². The monoisotopic (exact) mass is 218 g/mol. The van der Waals surface area contributed by atoms with Crippen LogP contribution in [0.25, 0.3) is 10.9 Å². The molecular formula is C13H18N2O. The van der Waals surface area contributed by atoms with E-state index in [1.54, 1.807) is 0 Å². The molecule has 0 saturated heterocycles. The molecule has 0 aliphatic rings. The van der Waals surface area contributed by atoms with E-state index in [4.69, 9.17) is 4.74 Å². The lowest BCUT2D eigenvalue weighted by atomic mass is 9.99. The third kappa shape index (κ3) is 1.77. The second-order valence-corrected chi connectivity index (χ2v) is 4.31. The smallest absolute Gasteiger partial charge is 0.147 e. The van der Waals surface area contributed by atoms with E-state index in [-0.39, 0.29) is 0 Å². The van der Waals surface area contributed by atoms with Gasteiger partial charge in [0.25, 0.3) is 0 Å². The molecular weight excluding hydrogens is 200 g/mol. The first-order valence-corrected chi connectivity index (χ1v) is 5.72. The maximum absolute atomic E-state index is 5.59. The third-order valence-electron chi connectivity index (χ3n) is 2.71. The molecule has 86 valence electrons. The van der Waals surface area contributed by atoms with Gasteiger partial charge in [0, 0.05) is 18.6 Å². The van der Waals surface area contributed by atoms with Crippen molar-refractivity contribution in [3.63, 3.8) is 0 Å². The van der Waals surface area contributed by atoms with E-state index in [1.165, 1.54) is 10.9 Å². The first-order chi connectivity index (χ1) is 7.63. The maximum Gasteiger partial charge on any atom is 0.147 e. The molecule has 1 aromatic carbocycles. The molecule has 1 heterocycles. The number of nitrogens with zero attached hydrogens (tertiary/aromatic N) is 2. The Morgan fingerprint density at radius 2 is 2.12 bits per heavy atom. The van der Waals surface area contributed by atoms with Crippen molar-refractivity contribution in [2.75, 3.05) is 6.61 Å². The standard InChI is InChI=1S/C13H18N2O/c1-5-16-12-7-6-10(9(2)3)11-8-15(4)14-13(11)12/h6-9H,5H2,1-4H3. The van der Waals surface area contributed by atoms with Gasteiger partial charge in [-0.2, -0.15) is 5.10 Å². The highest BCUT2D eigenvalue weighted by Crippen LogP contribution is 2.31. The zero-order valence-corrected chi connectivity index (χ0v) is 10.3. The summed E-state index contributed by atoms with van der Waals surface area (Å²) < 4.78 is 7.44. The molecule has 0 unspecified atom stereocenters. The molecule has 0 saturated carbocycles. The van der Waals surface area contributed by atoms with Crippen LogP contribution in [0, 0.1) is 0 Å². The van der Waals surface area contributed by atoms with Crippen LogP contribution in [0.15, 0.2) is 18.3 Å². The summed E-state index contributed by atoms with van der Waals surface area (Å²) >= 11 is 0. The largest absolute Gasteiger partial charge is 0.492 e. The normalized spacial score (nSPS) is 11.3. The number of benzene rings is 1. The zero-order valence-electron chi connectivity index (χ0n) is 10.3. The Labute approximate surface area is 96.0 Å². The van der Waals surface area contributed by atoms with Crippen molar-refractivity contribution in [2.24, 2.45) is 7.05 Å². The predicted octanol–water partition coefficient (Wildman–Crippen LogP) is 3.10. The van der Waals surface area contributed by atoms with E-state index < -0.39 is 0 Å². The van der Waals surface area contributed by atoms with E-state index >= 15 is 0 Å². The first kappa shape index (κ1) is 11.0. The van der Waals surface area contributed by atoms with Crippen molar-refractivity contribution in [1.82, 2.24) is 9.78 Å². The van der Waals surface area contributed by atoms with E-state index in [0.717, 1.165) is 11.3 Å². The topological polar surface area (TPSA) is 27.1 Å². The minimum atomic E-state index is 0.502. The maximum atomic E-state index is 5.59. The number of ether oxygens (including phenoxy) is 1. The summed E-state index contributed by atoms with van der Waals surface area (Å²) in [7, 11) is 1.94. The average Bonchev–Trinajstić information content (AvgIpc) is 2.59. The Morgan fingerprint density at radius 1 is 1.38 bits per heavy atom. The lowest BCUT2D eigenvalue weighted by Crippen LogP contribution is -1.95. The molecule has 0 radical (unpaired) electrons.